The Labute approximate surface area is 123 Å². The topological polar surface area (TPSA) is 67.8 Å². The molecule has 3 aromatic rings. The predicted molar refractivity (Wildman–Crippen MR) is 80.8 cm³/mol. The maximum atomic E-state index is 11.2. The summed E-state index contributed by atoms with van der Waals surface area (Å²) >= 11 is 3.05. The van der Waals surface area contributed by atoms with Crippen LogP contribution in [0, 0.1) is 0 Å². The first-order valence-electron chi connectivity index (χ1n) is 5.83. The molecule has 1 amide bonds. The van der Waals surface area contributed by atoms with Crippen LogP contribution in [0.1, 0.15) is 6.92 Å². The second-order valence-electron chi connectivity index (χ2n) is 3.96. The summed E-state index contributed by atoms with van der Waals surface area (Å²) in [4.78, 5) is 25.3. The van der Waals surface area contributed by atoms with E-state index in [0.29, 0.717) is 11.6 Å². The molecule has 3 heterocycles. The van der Waals surface area contributed by atoms with Gasteiger partial charge in [0, 0.05) is 24.6 Å². The number of carbonyl (C=O) groups is 1. The summed E-state index contributed by atoms with van der Waals surface area (Å²) in [5.41, 5.74) is 0.781. The van der Waals surface area contributed by atoms with Crippen LogP contribution in [0.2, 0.25) is 0 Å². The number of hydrogen-bond donors (Lipinski definition) is 1. The van der Waals surface area contributed by atoms with E-state index < -0.39 is 0 Å². The van der Waals surface area contributed by atoms with Crippen LogP contribution in [0.3, 0.4) is 0 Å². The van der Waals surface area contributed by atoms with Gasteiger partial charge in [0.25, 0.3) is 0 Å². The third kappa shape index (κ3) is 2.73. The molecule has 0 aromatic carbocycles. The molecule has 3 aromatic heterocycles. The van der Waals surface area contributed by atoms with E-state index >= 15 is 0 Å². The van der Waals surface area contributed by atoms with Crippen molar-refractivity contribution < 1.29 is 4.79 Å². The van der Waals surface area contributed by atoms with Crippen LogP contribution in [0.25, 0.3) is 21.4 Å². The third-order valence-corrected chi connectivity index (χ3v) is 4.09. The fourth-order valence-electron chi connectivity index (χ4n) is 1.67. The first-order valence-corrected chi connectivity index (χ1v) is 7.59. The van der Waals surface area contributed by atoms with Crippen LogP contribution in [-0.4, -0.2) is 20.9 Å². The number of nitrogens with zero attached hydrogens (tertiary/aromatic N) is 3. The lowest BCUT2D eigenvalue weighted by Gasteiger charge is -2.06. The fourth-order valence-corrected chi connectivity index (χ4v) is 2.93. The van der Waals surface area contributed by atoms with E-state index in [9.17, 15) is 4.79 Å². The maximum absolute atomic E-state index is 11.2. The second kappa shape index (κ2) is 5.48. The van der Waals surface area contributed by atoms with Crippen LogP contribution in [-0.2, 0) is 4.79 Å². The molecule has 0 saturated heterocycles. The van der Waals surface area contributed by atoms with Gasteiger partial charge in [0.1, 0.15) is 5.82 Å². The van der Waals surface area contributed by atoms with E-state index in [4.69, 9.17) is 0 Å². The first-order chi connectivity index (χ1) is 9.72. The molecular weight excluding hydrogens is 292 g/mol. The number of thiophene rings is 1. The molecule has 3 rings (SSSR count). The van der Waals surface area contributed by atoms with Gasteiger partial charge in [-0.15, -0.1) is 22.7 Å². The number of carbonyl (C=O) groups excluding carboxylic acids is 1. The minimum atomic E-state index is -0.161. The largest absolute Gasteiger partial charge is 0.311 e. The van der Waals surface area contributed by atoms with Crippen LogP contribution >= 0.6 is 22.7 Å². The molecule has 0 fully saturated rings. The monoisotopic (exact) mass is 302 g/mol. The number of aromatic nitrogens is 3. The molecule has 5 nitrogen and oxygen atoms in total. The average Bonchev–Trinajstić information content (AvgIpc) is 3.11. The molecule has 0 atom stereocenters. The molecule has 0 aliphatic rings. The summed E-state index contributed by atoms with van der Waals surface area (Å²) in [6, 6.07) is 5.71. The lowest BCUT2D eigenvalue weighted by molar-refractivity contribution is -0.114. The van der Waals surface area contributed by atoms with Gasteiger partial charge >= 0.3 is 0 Å². The van der Waals surface area contributed by atoms with Gasteiger partial charge < -0.3 is 5.32 Å². The molecule has 0 aliphatic heterocycles. The van der Waals surface area contributed by atoms with Crippen molar-refractivity contribution in [3.05, 3.63) is 35.2 Å². The van der Waals surface area contributed by atoms with Gasteiger partial charge in [-0.25, -0.2) is 15.0 Å². The van der Waals surface area contributed by atoms with Gasteiger partial charge in [0.2, 0.25) is 5.91 Å². The molecule has 0 spiro atoms. The third-order valence-electron chi connectivity index (χ3n) is 2.43. The van der Waals surface area contributed by atoms with Crippen LogP contribution in [0.5, 0.6) is 0 Å². The minimum Gasteiger partial charge on any atom is -0.311 e. The second-order valence-corrected chi connectivity index (χ2v) is 5.80. The quantitative estimate of drug-likeness (QED) is 0.806. The highest BCUT2D eigenvalue weighted by atomic mass is 32.1. The van der Waals surface area contributed by atoms with E-state index in [0.717, 1.165) is 15.6 Å². The number of nitrogens with one attached hydrogen (secondary N) is 1. The van der Waals surface area contributed by atoms with E-state index in [1.165, 1.54) is 18.3 Å². The Balaban J connectivity index is 2.10. The highest BCUT2D eigenvalue weighted by Crippen LogP contribution is 2.28. The number of amides is 1. The zero-order valence-corrected chi connectivity index (χ0v) is 12.2. The summed E-state index contributed by atoms with van der Waals surface area (Å²) in [6.45, 7) is 1.45. The van der Waals surface area contributed by atoms with Crippen molar-refractivity contribution in [3.8, 4) is 21.4 Å². The molecule has 0 unspecified atom stereocenters. The average molecular weight is 302 g/mol. The molecule has 0 saturated carbocycles. The number of thiazole rings is 1. The molecular formula is C13H10N4OS2. The summed E-state index contributed by atoms with van der Waals surface area (Å²) in [7, 11) is 0. The van der Waals surface area contributed by atoms with Gasteiger partial charge in [-0.05, 0) is 11.4 Å². The summed E-state index contributed by atoms with van der Waals surface area (Å²) in [5, 5.41) is 7.29. The van der Waals surface area contributed by atoms with Crippen molar-refractivity contribution in [1.29, 1.82) is 0 Å². The van der Waals surface area contributed by atoms with E-state index in [-0.39, 0.29) is 5.91 Å². The Kier molecular flexibility index (Phi) is 3.53. The van der Waals surface area contributed by atoms with E-state index in [2.05, 4.69) is 20.3 Å². The standard InChI is InChI=1S/C13H10N4OS2/c1-8(18)15-11-7-9(10-3-2-5-19-10)16-12(17-11)13-14-4-6-20-13/h2-7H,1H3,(H,15,16,17,18). The normalized spacial score (nSPS) is 10.4. The van der Waals surface area contributed by atoms with E-state index in [1.807, 2.05) is 22.9 Å². The zero-order valence-electron chi connectivity index (χ0n) is 10.5. The van der Waals surface area contributed by atoms with E-state index in [1.54, 1.807) is 23.6 Å². The van der Waals surface area contributed by atoms with Gasteiger partial charge in [-0.2, -0.15) is 0 Å². The van der Waals surface area contributed by atoms with Crippen molar-refractivity contribution >= 4 is 34.4 Å². The summed E-state index contributed by atoms with van der Waals surface area (Å²) in [6.07, 6.45) is 1.71. The summed E-state index contributed by atoms with van der Waals surface area (Å²) in [5.74, 6) is 0.849. The molecule has 20 heavy (non-hydrogen) atoms. The Morgan fingerprint density at radius 2 is 2.15 bits per heavy atom. The SMILES string of the molecule is CC(=O)Nc1cc(-c2cccs2)nc(-c2nccs2)n1. The zero-order chi connectivity index (χ0) is 13.9. The Bertz CT molecular complexity index is 670. The first kappa shape index (κ1) is 12.9. The van der Waals surface area contributed by atoms with Crippen molar-refractivity contribution in [3.63, 3.8) is 0 Å². The van der Waals surface area contributed by atoms with Crippen LogP contribution in [0.4, 0.5) is 5.82 Å². The maximum Gasteiger partial charge on any atom is 0.222 e. The van der Waals surface area contributed by atoms with Crippen LogP contribution in [0.15, 0.2) is 35.2 Å². The number of hydrogen-bond acceptors (Lipinski definition) is 6. The fraction of sp³-hybridized carbons (Fsp3) is 0.0769. The Hall–Kier alpha value is -2.12. The van der Waals surface area contributed by atoms with Gasteiger partial charge in [-0.3, -0.25) is 4.79 Å². The summed E-state index contributed by atoms with van der Waals surface area (Å²) < 4.78 is 0. The van der Waals surface area contributed by atoms with Crippen molar-refractivity contribution in [1.82, 2.24) is 15.0 Å². The van der Waals surface area contributed by atoms with Crippen LogP contribution < -0.4 is 5.32 Å². The predicted octanol–water partition coefficient (Wildman–Crippen LogP) is 3.29. The molecule has 0 bridgehead atoms. The van der Waals surface area contributed by atoms with Gasteiger partial charge in [0.15, 0.2) is 10.8 Å². The van der Waals surface area contributed by atoms with Crippen molar-refractivity contribution in [2.24, 2.45) is 0 Å². The molecule has 0 aliphatic carbocycles. The Morgan fingerprint density at radius 1 is 1.25 bits per heavy atom. The number of rotatable bonds is 3. The van der Waals surface area contributed by atoms with Crippen molar-refractivity contribution in [2.45, 2.75) is 6.92 Å². The molecule has 0 radical (unpaired) electrons. The minimum absolute atomic E-state index is 0.161. The lowest BCUT2D eigenvalue weighted by atomic mass is 10.3. The highest BCUT2D eigenvalue weighted by molar-refractivity contribution is 7.13. The lowest BCUT2D eigenvalue weighted by Crippen LogP contribution is -2.08. The number of anilines is 1. The molecule has 100 valence electrons. The smallest absolute Gasteiger partial charge is 0.222 e. The molecule has 1 N–H and O–H groups in total. The van der Waals surface area contributed by atoms with Crippen molar-refractivity contribution in [2.75, 3.05) is 5.32 Å². The Morgan fingerprint density at radius 3 is 2.80 bits per heavy atom. The van der Waals surface area contributed by atoms with Gasteiger partial charge in [-0.1, -0.05) is 6.07 Å². The highest BCUT2D eigenvalue weighted by Gasteiger charge is 2.11. The molecule has 7 heteroatoms. The van der Waals surface area contributed by atoms with Gasteiger partial charge in [0.05, 0.1) is 10.6 Å².